The van der Waals surface area contributed by atoms with Gasteiger partial charge in [-0.15, -0.1) is 0 Å². The number of hydrogen-bond donors (Lipinski definition) is 0. The minimum Gasteiger partial charge on any atom is -0.263 e. The monoisotopic (exact) mass is 349 g/mol. The lowest BCUT2D eigenvalue weighted by Gasteiger charge is -2.13. The van der Waals surface area contributed by atoms with Crippen LogP contribution in [-0.2, 0) is 23.0 Å². The van der Waals surface area contributed by atoms with E-state index >= 15 is 0 Å². The molecule has 1 aliphatic heterocycles. The second kappa shape index (κ2) is 6.98. The molecule has 3 rings (SSSR count). The van der Waals surface area contributed by atoms with E-state index in [1.165, 1.54) is 6.26 Å². The van der Waals surface area contributed by atoms with E-state index in [-0.39, 0.29) is 0 Å². The van der Waals surface area contributed by atoms with Gasteiger partial charge in [0, 0.05) is 32.0 Å². The molecule has 1 saturated heterocycles. The second-order valence-electron chi connectivity index (χ2n) is 6.31. The van der Waals surface area contributed by atoms with Crippen molar-refractivity contribution in [2.75, 3.05) is 19.3 Å². The Bertz CT molecular complexity index is 785. The predicted molar refractivity (Wildman–Crippen MR) is 91.8 cm³/mol. The van der Waals surface area contributed by atoms with Crippen LogP contribution in [0.3, 0.4) is 0 Å². The second-order valence-corrected chi connectivity index (χ2v) is 8.29. The molecule has 130 valence electrons. The Morgan fingerprint density at radius 3 is 2.75 bits per heavy atom. The highest BCUT2D eigenvalue weighted by molar-refractivity contribution is 7.88. The number of hydrogen-bond acceptors (Lipinski definition) is 5. The lowest BCUT2D eigenvalue weighted by Crippen LogP contribution is -2.27. The first kappa shape index (κ1) is 17.0. The van der Waals surface area contributed by atoms with Crippen molar-refractivity contribution in [3.63, 3.8) is 0 Å². The number of nitrogens with zero attached hydrogens (tertiary/aromatic N) is 5. The van der Waals surface area contributed by atoms with E-state index in [0.717, 1.165) is 42.9 Å². The van der Waals surface area contributed by atoms with Gasteiger partial charge in [0.1, 0.15) is 5.69 Å². The van der Waals surface area contributed by atoms with Gasteiger partial charge in [-0.2, -0.15) is 5.10 Å². The van der Waals surface area contributed by atoms with Crippen LogP contribution in [0.2, 0.25) is 0 Å². The normalized spacial score (nSPS) is 19.0. The van der Waals surface area contributed by atoms with Crippen LogP contribution in [0, 0.1) is 5.92 Å². The Kier molecular flexibility index (Phi) is 4.96. The van der Waals surface area contributed by atoms with E-state index in [2.05, 4.69) is 22.0 Å². The van der Waals surface area contributed by atoms with Crippen molar-refractivity contribution in [2.45, 2.75) is 32.7 Å². The van der Waals surface area contributed by atoms with Gasteiger partial charge in [0.05, 0.1) is 23.8 Å². The molecule has 8 heteroatoms. The molecule has 2 aromatic rings. The number of rotatable bonds is 6. The largest absolute Gasteiger partial charge is 0.263 e. The molecule has 1 fully saturated rings. The van der Waals surface area contributed by atoms with Crippen molar-refractivity contribution in [3.8, 4) is 11.4 Å². The maximum atomic E-state index is 11.6. The summed E-state index contributed by atoms with van der Waals surface area (Å²) < 4.78 is 26.6. The molecule has 24 heavy (non-hydrogen) atoms. The van der Waals surface area contributed by atoms with Crippen LogP contribution in [-0.4, -0.2) is 51.8 Å². The molecular formula is C16H23N5O2S. The summed E-state index contributed by atoms with van der Waals surface area (Å²) in [5.41, 5.74) is 2.69. The number of aromatic nitrogens is 4. The zero-order chi connectivity index (χ0) is 17.2. The molecule has 0 N–H and O–H groups in total. The summed E-state index contributed by atoms with van der Waals surface area (Å²) in [7, 11) is -3.09. The van der Waals surface area contributed by atoms with Gasteiger partial charge in [0.2, 0.25) is 10.0 Å². The Hall–Kier alpha value is -1.80. The summed E-state index contributed by atoms with van der Waals surface area (Å²) in [4.78, 5) is 9.03. The lowest BCUT2D eigenvalue weighted by atomic mass is 10.0. The molecule has 0 aromatic carbocycles. The molecule has 0 spiro atoms. The lowest BCUT2D eigenvalue weighted by molar-refractivity contribution is 0.459. The highest BCUT2D eigenvalue weighted by Gasteiger charge is 2.28. The SMILES string of the molecule is CCCn1nccc1-c1cnc(C[C@@H]2CCN(S(C)(=O)=O)C2)cn1. The van der Waals surface area contributed by atoms with Crippen LogP contribution in [0.25, 0.3) is 11.4 Å². The van der Waals surface area contributed by atoms with Crippen LogP contribution >= 0.6 is 0 Å². The van der Waals surface area contributed by atoms with Gasteiger partial charge in [0.15, 0.2) is 0 Å². The summed E-state index contributed by atoms with van der Waals surface area (Å²) >= 11 is 0. The summed E-state index contributed by atoms with van der Waals surface area (Å²) in [5, 5.41) is 4.31. The minimum atomic E-state index is -3.09. The third kappa shape index (κ3) is 3.81. The van der Waals surface area contributed by atoms with E-state index in [9.17, 15) is 8.42 Å². The van der Waals surface area contributed by atoms with Gasteiger partial charge in [-0.05, 0) is 31.2 Å². The minimum absolute atomic E-state index is 0.311. The van der Waals surface area contributed by atoms with Gasteiger partial charge in [-0.3, -0.25) is 14.6 Å². The quantitative estimate of drug-likeness (QED) is 0.791. The fraction of sp³-hybridized carbons (Fsp3) is 0.562. The average molecular weight is 349 g/mol. The molecular weight excluding hydrogens is 326 g/mol. The predicted octanol–water partition coefficient (Wildman–Crippen LogP) is 1.57. The van der Waals surface area contributed by atoms with E-state index in [1.807, 2.05) is 10.7 Å². The molecule has 7 nitrogen and oxygen atoms in total. The van der Waals surface area contributed by atoms with Crippen molar-refractivity contribution in [1.82, 2.24) is 24.1 Å². The Labute approximate surface area is 142 Å². The third-order valence-corrected chi connectivity index (χ3v) is 5.60. The van der Waals surface area contributed by atoms with Crippen LogP contribution in [0.1, 0.15) is 25.5 Å². The van der Waals surface area contributed by atoms with Crippen molar-refractivity contribution < 1.29 is 8.42 Å². The first-order valence-electron chi connectivity index (χ1n) is 8.25. The van der Waals surface area contributed by atoms with Crippen molar-refractivity contribution >= 4 is 10.0 Å². The van der Waals surface area contributed by atoms with Gasteiger partial charge >= 0.3 is 0 Å². The molecule has 1 atom stereocenters. The molecule has 3 heterocycles. The Balaban J connectivity index is 1.66. The van der Waals surface area contributed by atoms with E-state index in [4.69, 9.17) is 0 Å². The van der Waals surface area contributed by atoms with Crippen molar-refractivity contribution in [1.29, 1.82) is 0 Å². The topological polar surface area (TPSA) is 81.0 Å². The molecule has 0 saturated carbocycles. The third-order valence-electron chi connectivity index (χ3n) is 4.34. The highest BCUT2D eigenvalue weighted by atomic mass is 32.2. The first-order valence-corrected chi connectivity index (χ1v) is 10.1. The van der Waals surface area contributed by atoms with Gasteiger partial charge < -0.3 is 0 Å². The van der Waals surface area contributed by atoms with Crippen LogP contribution < -0.4 is 0 Å². The molecule has 0 bridgehead atoms. The zero-order valence-electron chi connectivity index (χ0n) is 14.1. The van der Waals surface area contributed by atoms with E-state index in [1.54, 1.807) is 22.9 Å². The maximum Gasteiger partial charge on any atom is 0.211 e. The Morgan fingerprint density at radius 2 is 2.12 bits per heavy atom. The molecule has 1 aliphatic rings. The zero-order valence-corrected chi connectivity index (χ0v) is 14.9. The summed E-state index contributed by atoms with van der Waals surface area (Å²) in [6.45, 7) is 4.15. The summed E-state index contributed by atoms with van der Waals surface area (Å²) in [5.74, 6) is 0.311. The maximum absolute atomic E-state index is 11.6. The Morgan fingerprint density at radius 1 is 1.29 bits per heavy atom. The standard InChI is InChI=1S/C16H23N5O2S/c1-3-7-21-16(4-6-19-21)15-11-17-14(10-18-15)9-13-5-8-20(12-13)24(2,22)23/h4,6,10-11,13H,3,5,7-9,12H2,1-2H3/t13-/m0/s1. The van der Waals surface area contributed by atoms with Crippen LogP contribution in [0.5, 0.6) is 0 Å². The fourth-order valence-corrected chi connectivity index (χ4v) is 4.01. The molecule has 2 aromatic heterocycles. The number of aryl methyl sites for hydroxylation is 1. The fourth-order valence-electron chi connectivity index (χ4n) is 3.09. The molecule has 0 unspecified atom stereocenters. The number of sulfonamides is 1. The van der Waals surface area contributed by atoms with Crippen LogP contribution in [0.15, 0.2) is 24.7 Å². The van der Waals surface area contributed by atoms with Crippen LogP contribution in [0.4, 0.5) is 0 Å². The average Bonchev–Trinajstić information content (AvgIpc) is 3.18. The van der Waals surface area contributed by atoms with Gasteiger partial charge in [-0.1, -0.05) is 6.92 Å². The van der Waals surface area contributed by atoms with Crippen molar-refractivity contribution in [3.05, 3.63) is 30.4 Å². The first-order chi connectivity index (χ1) is 11.5. The summed E-state index contributed by atoms with van der Waals surface area (Å²) in [6, 6.07) is 1.94. The molecule has 0 aliphatic carbocycles. The highest BCUT2D eigenvalue weighted by Crippen LogP contribution is 2.22. The molecule has 0 radical (unpaired) electrons. The van der Waals surface area contributed by atoms with Gasteiger partial charge in [0.25, 0.3) is 0 Å². The summed E-state index contributed by atoms with van der Waals surface area (Å²) in [6.07, 6.45) is 9.26. The molecule has 0 amide bonds. The van der Waals surface area contributed by atoms with E-state index in [0.29, 0.717) is 19.0 Å². The smallest absolute Gasteiger partial charge is 0.211 e. The van der Waals surface area contributed by atoms with Crippen molar-refractivity contribution in [2.24, 2.45) is 5.92 Å². The van der Waals surface area contributed by atoms with Gasteiger partial charge in [-0.25, -0.2) is 12.7 Å². The van der Waals surface area contributed by atoms with E-state index < -0.39 is 10.0 Å².